The molecule has 1 amide bonds. The van der Waals surface area contributed by atoms with Gasteiger partial charge in [-0.15, -0.1) is 0 Å². The Labute approximate surface area is 130 Å². The number of hydrogen-bond acceptors (Lipinski definition) is 4. The zero-order chi connectivity index (χ0) is 15.4. The Kier molecular flexibility index (Phi) is 4.32. The number of hydrogen-bond donors (Lipinski definition) is 1. The molecule has 1 aromatic heterocycles. The zero-order valence-electron chi connectivity index (χ0n) is 12.7. The molecular weight excluding hydrogens is 276 g/mol. The van der Waals surface area contributed by atoms with Gasteiger partial charge in [0.2, 0.25) is 11.9 Å². The molecule has 5 heteroatoms. The molecule has 1 unspecified atom stereocenters. The highest BCUT2D eigenvalue weighted by atomic mass is 16.2. The minimum absolute atomic E-state index is 0.218. The van der Waals surface area contributed by atoms with Crippen LogP contribution in [0.5, 0.6) is 0 Å². The van der Waals surface area contributed by atoms with Crippen molar-refractivity contribution in [1.29, 1.82) is 0 Å². The van der Waals surface area contributed by atoms with Crippen LogP contribution in [0.4, 0.5) is 11.6 Å². The number of para-hydroxylation sites is 1. The lowest BCUT2D eigenvalue weighted by Gasteiger charge is -2.33. The van der Waals surface area contributed by atoms with Crippen LogP contribution < -0.4 is 5.32 Å². The fraction of sp³-hybridized carbons (Fsp3) is 0.353. The van der Waals surface area contributed by atoms with Crippen molar-refractivity contribution in [3.8, 4) is 0 Å². The zero-order valence-corrected chi connectivity index (χ0v) is 12.7. The quantitative estimate of drug-likeness (QED) is 0.941. The second-order valence-corrected chi connectivity index (χ2v) is 5.63. The van der Waals surface area contributed by atoms with Crippen molar-refractivity contribution >= 4 is 17.5 Å². The van der Waals surface area contributed by atoms with Gasteiger partial charge < -0.3 is 10.2 Å². The number of nitrogens with one attached hydrogen (secondary N) is 1. The first-order valence-corrected chi connectivity index (χ1v) is 7.66. The summed E-state index contributed by atoms with van der Waals surface area (Å²) in [6.45, 7) is 2.65. The Balaban J connectivity index is 1.72. The number of piperidine rings is 1. The molecule has 1 saturated heterocycles. The van der Waals surface area contributed by atoms with E-state index in [1.165, 1.54) is 0 Å². The van der Waals surface area contributed by atoms with Crippen LogP contribution in [-0.4, -0.2) is 26.8 Å². The van der Waals surface area contributed by atoms with Gasteiger partial charge in [0.15, 0.2) is 0 Å². The number of benzene rings is 1. The fourth-order valence-electron chi connectivity index (χ4n) is 2.71. The number of rotatable bonds is 4. The molecule has 0 aliphatic carbocycles. The second kappa shape index (κ2) is 6.56. The summed E-state index contributed by atoms with van der Waals surface area (Å²) in [5, 5.41) is 3.18. The smallest absolute Gasteiger partial charge is 0.227 e. The number of carbonyl (C=O) groups is 1. The summed E-state index contributed by atoms with van der Waals surface area (Å²) in [6, 6.07) is 12.0. The molecule has 0 spiro atoms. The maximum atomic E-state index is 12.1. The average molecular weight is 296 g/mol. The average Bonchev–Trinajstić information content (AvgIpc) is 2.53. The predicted octanol–water partition coefficient (Wildman–Crippen LogP) is 3.12. The van der Waals surface area contributed by atoms with E-state index >= 15 is 0 Å². The first kappa shape index (κ1) is 14.5. The van der Waals surface area contributed by atoms with Crippen LogP contribution in [0.2, 0.25) is 0 Å². The molecule has 1 aromatic carbocycles. The SMILES string of the molecule is CC1CCCC(=O)N1Cc1ccnc(Nc2ccccc2)n1. The van der Waals surface area contributed by atoms with Crippen LogP contribution in [-0.2, 0) is 11.3 Å². The molecule has 3 rings (SSSR count). The van der Waals surface area contributed by atoms with E-state index in [9.17, 15) is 4.79 Å². The van der Waals surface area contributed by atoms with E-state index in [1.807, 2.05) is 41.3 Å². The summed E-state index contributed by atoms with van der Waals surface area (Å²) in [4.78, 5) is 22.7. The highest BCUT2D eigenvalue weighted by molar-refractivity contribution is 5.77. The number of nitrogens with zero attached hydrogens (tertiary/aromatic N) is 3. The van der Waals surface area contributed by atoms with Gasteiger partial charge in [0, 0.05) is 24.3 Å². The number of likely N-dealkylation sites (tertiary alicyclic amines) is 1. The standard InChI is InChI=1S/C17H20N4O/c1-13-6-5-9-16(22)21(13)12-15-10-11-18-17(20-15)19-14-7-3-2-4-8-14/h2-4,7-8,10-11,13H,5-6,9,12H2,1H3,(H,18,19,20). The van der Waals surface area contributed by atoms with Crippen molar-refractivity contribution in [3.05, 3.63) is 48.3 Å². The third-order valence-corrected chi connectivity index (χ3v) is 3.94. The van der Waals surface area contributed by atoms with Crippen LogP contribution in [0.25, 0.3) is 0 Å². The monoisotopic (exact) mass is 296 g/mol. The van der Waals surface area contributed by atoms with Gasteiger partial charge in [0.25, 0.3) is 0 Å². The summed E-state index contributed by atoms with van der Waals surface area (Å²) >= 11 is 0. The molecule has 114 valence electrons. The Hall–Kier alpha value is -2.43. The first-order chi connectivity index (χ1) is 10.7. The van der Waals surface area contributed by atoms with Crippen molar-refractivity contribution in [3.63, 3.8) is 0 Å². The number of carbonyl (C=O) groups excluding carboxylic acids is 1. The van der Waals surface area contributed by atoms with E-state index in [0.29, 0.717) is 18.9 Å². The highest BCUT2D eigenvalue weighted by Crippen LogP contribution is 2.20. The van der Waals surface area contributed by atoms with Gasteiger partial charge >= 0.3 is 0 Å². The minimum atomic E-state index is 0.218. The highest BCUT2D eigenvalue weighted by Gasteiger charge is 2.24. The fourth-order valence-corrected chi connectivity index (χ4v) is 2.71. The van der Waals surface area contributed by atoms with Crippen molar-refractivity contribution < 1.29 is 4.79 Å². The summed E-state index contributed by atoms with van der Waals surface area (Å²) in [5.41, 5.74) is 1.80. The summed E-state index contributed by atoms with van der Waals surface area (Å²) in [6.07, 6.45) is 4.42. The van der Waals surface area contributed by atoms with Gasteiger partial charge in [-0.25, -0.2) is 9.97 Å². The lowest BCUT2D eigenvalue weighted by Crippen LogP contribution is -2.41. The lowest BCUT2D eigenvalue weighted by atomic mass is 10.0. The third kappa shape index (κ3) is 3.42. The van der Waals surface area contributed by atoms with Crippen molar-refractivity contribution in [2.75, 3.05) is 5.32 Å². The first-order valence-electron chi connectivity index (χ1n) is 7.66. The molecule has 0 saturated carbocycles. The van der Waals surface area contributed by atoms with E-state index < -0.39 is 0 Å². The summed E-state index contributed by atoms with van der Waals surface area (Å²) in [7, 11) is 0. The molecule has 1 N–H and O–H groups in total. The van der Waals surface area contributed by atoms with Crippen LogP contribution in [0.15, 0.2) is 42.6 Å². The molecular formula is C17H20N4O. The van der Waals surface area contributed by atoms with Gasteiger partial charge in [-0.05, 0) is 38.0 Å². The molecule has 2 aromatic rings. The molecule has 2 heterocycles. The third-order valence-electron chi connectivity index (χ3n) is 3.94. The Morgan fingerprint density at radius 1 is 1.27 bits per heavy atom. The van der Waals surface area contributed by atoms with Gasteiger partial charge in [-0.3, -0.25) is 4.79 Å². The summed E-state index contributed by atoms with van der Waals surface area (Å²) in [5.74, 6) is 0.774. The number of aromatic nitrogens is 2. The van der Waals surface area contributed by atoms with Crippen molar-refractivity contribution in [1.82, 2.24) is 14.9 Å². The van der Waals surface area contributed by atoms with E-state index in [4.69, 9.17) is 0 Å². The lowest BCUT2D eigenvalue weighted by molar-refractivity contribution is -0.136. The second-order valence-electron chi connectivity index (χ2n) is 5.63. The molecule has 1 atom stereocenters. The number of amides is 1. The maximum Gasteiger partial charge on any atom is 0.227 e. The van der Waals surface area contributed by atoms with Crippen molar-refractivity contribution in [2.24, 2.45) is 0 Å². The molecule has 0 radical (unpaired) electrons. The molecule has 1 aliphatic heterocycles. The number of anilines is 2. The molecule has 1 aliphatic rings. The maximum absolute atomic E-state index is 12.1. The largest absolute Gasteiger partial charge is 0.334 e. The topological polar surface area (TPSA) is 58.1 Å². The van der Waals surface area contributed by atoms with Crippen LogP contribution in [0.1, 0.15) is 31.9 Å². The van der Waals surface area contributed by atoms with Crippen molar-refractivity contribution in [2.45, 2.75) is 38.8 Å². The Morgan fingerprint density at radius 2 is 2.09 bits per heavy atom. The van der Waals surface area contributed by atoms with E-state index in [-0.39, 0.29) is 11.9 Å². The van der Waals surface area contributed by atoms with Gasteiger partial charge in [0.1, 0.15) is 0 Å². The predicted molar refractivity (Wildman–Crippen MR) is 85.6 cm³/mol. The Morgan fingerprint density at radius 3 is 2.86 bits per heavy atom. The van der Waals surface area contributed by atoms with Gasteiger partial charge in [-0.1, -0.05) is 18.2 Å². The minimum Gasteiger partial charge on any atom is -0.334 e. The van der Waals surface area contributed by atoms with Crippen LogP contribution in [0, 0.1) is 0 Å². The van der Waals surface area contributed by atoms with E-state index in [2.05, 4.69) is 22.2 Å². The summed E-state index contributed by atoms with van der Waals surface area (Å²) < 4.78 is 0. The normalized spacial score (nSPS) is 18.3. The van der Waals surface area contributed by atoms with E-state index in [1.54, 1.807) is 6.20 Å². The van der Waals surface area contributed by atoms with Crippen LogP contribution >= 0.6 is 0 Å². The molecule has 5 nitrogen and oxygen atoms in total. The van der Waals surface area contributed by atoms with Gasteiger partial charge in [-0.2, -0.15) is 0 Å². The van der Waals surface area contributed by atoms with Crippen LogP contribution in [0.3, 0.4) is 0 Å². The molecule has 1 fully saturated rings. The van der Waals surface area contributed by atoms with Gasteiger partial charge in [0.05, 0.1) is 12.2 Å². The molecule has 0 bridgehead atoms. The molecule has 22 heavy (non-hydrogen) atoms. The van der Waals surface area contributed by atoms with E-state index in [0.717, 1.165) is 24.2 Å². The Bertz CT molecular complexity index is 644.